The highest BCUT2D eigenvalue weighted by molar-refractivity contribution is 6.06. The number of rotatable bonds is 0. The molecule has 0 fully saturated rings. The van der Waals surface area contributed by atoms with Crippen molar-refractivity contribution in [1.29, 1.82) is 0 Å². The number of nitrogens with one attached hydrogen (secondary N) is 2. The van der Waals surface area contributed by atoms with E-state index in [0.717, 1.165) is 16.3 Å². The molecule has 0 aliphatic rings. The lowest BCUT2D eigenvalue weighted by molar-refractivity contribution is 1.01. The molecule has 4 nitrogen and oxygen atoms in total. The summed E-state index contributed by atoms with van der Waals surface area (Å²) in [5.41, 5.74) is 1.36. The van der Waals surface area contributed by atoms with Crippen LogP contribution < -0.4 is 5.56 Å². The summed E-state index contributed by atoms with van der Waals surface area (Å²) in [5.74, 6) is 0. The van der Waals surface area contributed by atoms with E-state index in [0.29, 0.717) is 5.52 Å². The van der Waals surface area contributed by atoms with Crippen LogP contribution >= 0.6 is 0 Å². The molecular weight excluding hydrogens is 178 g/mol. The summed E-state index contributed by atoms with van der Waals surface area (Å²) in [5, 5.41) is 8.07. The number of fused-ring (bicyclic) bond motifs is 3. The maximum Gasteiger partial charge on any atom is 0.288 e. The van der Waals surface area contributed by atoms with Crippen LogP contribution in [0.5, 0.6) is 0 Å². The van der Waals surface area contributed by atoms with E-state index in [2.05, 4.69) is 15.2 Å². The maximum absolute atomic E-state index is 11.4. The van der Waals surface area contributed by atoms with Crippen LogP contribution in [0.2, 0.25) is 0 Å². The second-order valence-electron chi connectivity index (χ2n) is 3.16. The molecule has 3 rings (SSSR count). The molecule has 1 aromatic carbocycles. The lowest BCUT2D eigenvalue weighted by Crippen LogP contribution is -2.06. The fourth-order valence-electron chi connectivity index (χ4n) is 1.69. The number of nitrogens with zero attached hydrogens (tertiary/aromatic N) is 1. The monoisotopic (exact) mass is 185 g/mol. The molecule has 0 radical (unpaired) electrons. The Morgan fingerprint density at radius 1 is 1.14 bits per heavy atom. The molecule has 0 aliphatic heterocycles. The first-order chi connectivity index (χ1) is 6.86. The highest BCUT2D eigenvalue weighted by Crippen LogP contribution is 2.21. The molecule has 3 aromatic rings. The zero-order valence-electron chi connectivity index (χ0n) is 7.24. The molecule has 0 saturated heterocycles. The van der Waals surface area contributed by atoms with Crippen LogP contribution in [0.3, 0.4) is 0 Å². The van der Waals surface area contributed by atoms with E-state index < -0.39 is 0 Å². The molecule has 2 heterocycles. The molecule has 2 aromatic heterocycles. The van der Waals surface area contributed by atoms with Crippen molar-refractivity contribution in [3.05, 3.63) is 40.8 Å². The van der Waals surface area contributed by atoms with Gasteiger partial charge in [-0.05, 0) is 6.07 Å². The van der Waals surface area contributed by atoms with Gasteiger partial charge in [-0.15, -0.1) is 0 Å². The van der Waals surface area contributed by atoms with E-state index in [1.54, 1.807) is 6.20 Å². The van der Waals surface area contributed by atoms with Gasteiger partial charge in [-0.25, -0.2) is 5.10 Å². The minimum absolute atomic E-state index is 0.182. The van der Waals surface area contributed by atoms with E-state index in [-0.39, 0.29) is 5.56 Å². The van der Waals surface area contributed by atoms with E-state index >= 15 is 0 Å². The Labute approximate surface area is 78.6 Å². The van der Waals surface area contributed by atoms with Crippen LogP contribution in [-0.4, -0.2) is 15.2 Å². The highest BCUT2D eigenvalue weighted by atomic mass is 16.1. The van der Waals surface area contributed by atoms with Crippen molar-refractivity contribution in [2.75, 3.05) is 0 Å². The van der Waals surface area contributed by atoms with Crippen molar-refractivity contribution < 1.29 is 0 Å². The van der Waals surface area contributed by atoms with Crippen molar-refractivity contribution in [1.82, 2.24) is 15.2 Å². The van der Waals surface area contributed by atoms with Gasteiger partial charge in [0, 0.05) is 16.3 Å². The third kappa shape index (κ3) is 0.821. The van der Waals surface area contributed by atoms with Gasteiger partial charge < -0.3 is 4.98 Å². The molecular formula is C10H7N3O. The molecule has 2 N–H and O–H groups in total. The Morgan fingerprint density at radius 3 is 2.93 bits per heavy atom. The van der Waals surface area contributed by atoms with Crippen LogP contribution in [-0.2, 0) is 0 Å². The zero-order valence-corrected chi connectivity index (χ0v) is 7.24. The highest BCUT2D eigenvalue weighted by Gasteiger charge is 2.05. The second kappa shape index (κ2) is 2.45. The van der Waals surface area contributed by atoms with Crippen molar-refractivity contribution in [2.45, 2.75) is 0 Å². The average Bonchev–Trinajstić information content (AvgIpc) is 2.59. The molecule has 0 aliphatic carbocycles. The Morgan fingerprint density at radius 2 is 2.00 bits per heavy atom. The normalized spacial score (nSPS) is 11.1. The number of aromatic amines is 2. The largest absolute Gasteiger partial charge is 0.350 e. The van der Waals surface area contributed by atoms with E-state index in [4.69, 9.17) is 0 Å². The molecule has 4 heteroatoms. The van der Waals surface area contributed by atoms with Crippen LogP contribution in [0.25, 0.3) is 21.8 Å². The number of hydrogen-bond donors (Lipinski definition) is 2. The van der Waals surface area contributed by atoms with Crippen molar-refractivity contribution in [3.63, 3.8) is 0 Å². The summed E-state index contributed by atoms with van der Waals surface area (Å²) < 4.78 is 0. The maximum atomic E-state index is 11.4. The second-order valence-corrected chi connectivity index (χ2v) is 3.16. The Bertz CT molecular complexity index is 665. The van der Waals surface area contributed by atoms with Crippen LogP contribution in [0.1, 0.15) is 0 Å². The lowest BCUT2D eigenvalue weighted by Gasteiger charge is -1.87. The summed E-state index contributed by atoms with van der Waals surface area (Å²) in [7, 11) is 0. The minimum atomic E-state index is -0.182. The number of para-hydroxylation sites is 1. The van der Waals surface area contributed by atoms with Crippen molar-refractivity contribution >= 4 is 21.8 Å². The summed E-state index contributed by atoms with van der Waals surface area (Å²) in [6.07, 6.45) is 1.66. The third-order valence-corrected chi connectivity index (χ3v) is 2.33. The van der Waals surface area contributed by atoms with Gasteiger partial charge in [0.05, 0.1) is 6.20 Å². The van der Waals surface area contributed by atoms with Crippen molar-refractivity contribution in [3.8, 4) is 0 Å². The van der Waals surface area contributed by atoms with Gasteiger partial charge in [0.2, 0.25) is 0 Å². The first-order valence-corrected chi connectivity index (χ1v) is 4.30. The third-order valence-electron chi connectivity index (χ3n) is 2.33. The Hall–Kier alpha value is -2.10. The first kappa shape index (κ1) is 7.32. The van der Waals surface area contributed by atoms with Gasteiger partial charge in [0.1, 0.15) is 5.52 Å². The van der Waals surface area contributed by atoms with Gasteiger partial charge in [0.25, 0.3) is 5.56 Å². The van der Waals surface area contributed by atoms with Crippen molar-refractivity contribution in [2.24, 2.45) is 0 Å². The molecule has 0 atom stereocenters. The molecule has 0 amide bonds. The zero-order chi connectivity index (χ0) is 9.54. The van der Waals surface area contributed by atoms with Crippen LogP contribution in [0.15, 0.2) is 35.3 Å². The smallest absolute Gasteiger partial charge is 0.288 e. The number of H-pyrrole nitrogens is 2. The summed E-state index contributed by atoms with van der Waals surface area (Å²) in [4.78, 5) is 14.5. The van der Waals surface area contributed by atoms with Gasteiger partial charge >= 0.3 is 0 Å². The van der Waals surface area contributed by atoms with E-state index in [1.807, 2.05) is 24.3 Å². The summed E-state index contributed by atoms with van der Waals surface area (Å²) in [6.45, 7) is 0. The first-order valence-electron chi connectivity index (χ1n) is 4.30. The number of hydrogen-bond acceptors (Lipinski definition) is 2. The fourth-order valence-corrected chi connectivity index (χ4v) is 1.69. The summed E-state index contributed by atoms with van der Waals surface area (Å²) >= 11 is 0. The SMILES string of the molecule is O=c1[nH]ncc2c1[nH]c1ccccc12. The van der Waals surface area contributed by atoms with Crippen LogP contribution in [0.4, 0.5) is 0 Å². The van der Waals surface area contributed by atoms with E-state index in [1.165, 1.54) is 0 Å². The summed E-state index contributed by atoms with van der Waals surface area (Å²) in [6, 6.07) is 7.78. The van der Waals surface area contributed by atoms with Gasteiger partial charge in [-0.3, -0.25) is 4.79 Å². The predicted octanol–water partition coefficient (Wildman–Crippen LogP) is 1.40. The van der Waals surface area contributed by atoms with Crippen LogP contribution in [0, 0.1) is 0 Å². The molecule has 0 spiro atoms. The fraction of sp³-hybridized carbons (Fsp3) is 0. The molecule has 68 valence electrons. The van der Waals surface area contributed by atoms with Gasteiger partial charge in [-0.1, -0.05) is 18.2 Å². The van der Waals surface area contributed by atoms with Gasteiger partial charge in [-0.2, -0.15) is 5.10 Å². The number of aromatic nitrogens is 3. The lowest BCUT2D eigenvalue weighted by atomic mass is 10.2. The Balaban J connectivity index is 2.70. The predicted molar refractivity (Wildman–Crippen MR) is 54.2 cm³/mol. The van der Waals surface area contributed by atoms with E-state index in [9.17, 15) is 4.79 Å². The quantitative estimate of drug-likeness (QED) is 0.556. The molecule has 0 saturated carbocycles. The van der Waals surface area contributed by atoms with Gasteiger partial charge in [0.15, 0.2) is 0 Å². The Kier molecular flexibility index (Phi) is 1.28. The standard InChI is InChI=1S/C10H7N3O/c14-10-9-7(5-11-13-10)6-3-1-2-4-8(6)12-9/h1-5,12H,(H,13,14). The minimum Gasteiger partial charge on any atom is -0.350 e. The number of benzene rings is 1. The molecule has 0 unspecified atom stereocenters. The molecule has 0 bridgehead atoms. The topological polar surface area (TPSA) is 61.5 Å². The molecule has 14 heavy (non-hydrogen) atoms. The average molecular weight is 185 g/mol.